The fraction of sp³-hybridized carbons (Fsp3) is 0.0577. The van der Waals surface area contributed by atoms with Crippen LogP contribution in [0, 0.1) is 0 Å². The average molecular weight is 702 g/mol. The van der Waals surface area contributed by atoms with Crippen LogP contribution in [0.1, 0.15) is 25.0 Å². The highest BCUT2D eigenvalue weighted by Gasteiger charge is 2.38. The molecule has 0 radical (unpaired) electrons. The average Bonchev–Trinajstić information content (AvgIpc) is 3.84. The van der Waals surface area contributed by atoms with E-state index in [2.05, 4.69) is 187 Å². The minimum absolute atomic E-state index is 0.145. The molecule has 3 aromatic heterocycles. The zero-order valence-corrected chi connectivity index (χ0v) is 30.6. The van der Waals surface area contributed by atoms with Crippen molar-refractivity contribution in [3.05, 3.63) is 187 Å². The van der Waals surface area contributed by atoms with Crippen LogP contribution in [0.15, 0.2) is 176 Å². The second-order valence-electron chi connectivity index (χ2n) is 15.5. The minimum Gasteiger partial charge on any atom is -0.309 e. The van der Waals surface area contributed by atoms with Gasteiger partial charge in [-0.15, -0.1) is 0 Å². The van der Waals surface area contributed by atoms with Crippen molar-refractivity contribution in [2.24, 2.45) is 0 Å². The summed E-state index contributed by atoms with van der Waals surface area (Å²) in [6, 6.07) is 62.5. The number of rotatable bonds is 3. The number of fused-ring (bicyclic) bond motifs is 14. The standard InChI is InChI=1S/C52H35N3/c1-52(2)42-25-23-32-14-6-7-17-35(32)48(42)50-43(52)26-28-46-49(50)41-30-33(24-27-45(41)55(46)47-22-12-13-29-53-47)39-31-40-37-19-10-11-21-44(37)54(34-15-4-3-5-16-34)51(40)38-20-9-8-18-36(38)39/h3-31H,1-2H3. The van der Waals surface area contributed by atoms with E-state index < -0.39 is 0 Å². The van der Waals surface area contributed by atoms with Crippen molar-refractivity contribution in [2.45, 2.75) is 19.3 Å². The molecule has 0 spiro atoms. The van der Waals surface area contributed by atoms with Crippen molar-refractivity contribution >= 4 is 65.2 Å². The van der Waals surface area contributed by atoms with Crippen LogP contribution in [-0.4, -0.2) is 14.1 Å². The number of hydrogen-bond donors (Lipinski definition) is 0. The zero-order chi connectivity index (χ0) is 36.4. The molecule has 0 bridgehead atoms. The molecule has 3 nitrogen and oxygen atoms in total. The number of para-hydroxylation sites is 2. The van der Waals surface area contributed by atoms with Crippen molar-refractivity contribution in [1.82, 2.24) is 14.1 Å². The number of pyridine rings is 1. The second kappa shape index (κ2) is 11.0. The maximum atomic E-state index is 4.91. The maximum Gasteiger partial charge on any atom is 0.137 e. The monoisotopic (exact) mass is 701 g/mol. The Hall–Kier alpha value is -6.97. The molecule has 8 aromatic carbocycles. The number of aromatic nitrogens is 3. The Morgan fingerprint density at radius 3 is 1.96 bits per heavy atom. The summed E-state index contributed by atoms with van der Waals surface area (Å²) in [6.07, 6.45) is 1.90. The van der Waals surface area contributed by atoms with Gasteiger partial charge in [0, 0.05) is 44.2 Å². The summed E-state index contributed by atoms with van der Waals surface area (Å²) in [5.41, 5.74) is 13.7. The molecule has 0 saturated heterocycles. The van der Waals surface area contributed by atoms with Gasteiger partial charge < -0.3 is 4.57 Å². The van der Waals surface area contributed by atoms with Crippen molar-refractivity contribution in [1.29, 1.82) is 0 Å². The number of benzene rings is 8. The molecule has 55 heavy (non-hydrogen) atoms. The topological polar surface area (TPSA) is 22.8 Å². The van der Waals surface area contributed by atoms with Crippen molar-refractivity contribution in [3.8, 4) is 33.8 Å². The van der Waals surface area contributed by atoms with Gasteiger partial charge in [0.15, 0.2) is 0 Å². The van der Waals surface area contributed by atoms with Gasteiger partial charge in [-0.1, -0.05) is 129 Å². The van der Waals surface area contributed by atoms with E-state index >= 15 is 0 Å². The van der Waals surface area contributed by atoms with E-state index in [-0.39, 0.29) is 5.41 Å². The molecule has 0 fully saturated rings. The molecule has 0 N–H and O–H groups in total. The molecule has 0 aliphatic heterocycles. The summed E-state index contributed by atoms with van der Waals surface area (Å²) in [5.74, 6) is 0.922. The molecule has 1 aliphatic rings. The van der Waals surface area contributed by atoms with Gasteiger partial charge in [0.05, 0.1) is 22.1 Å². The SMILES string of the molecule is CC1(C)c2ccc3ccccc3c2-c2c1ccc1c2c2cc(-c3cc4c5ccccc5n(-c5ccccc5)c4c4ccccc34)ccc2n1-c1ccccn1. The quantitative estimate of drug-likeness (QED) is 0.180. The van der Waals surface area contributed by atoms with Crippen LogP contribution in [0.3, 0.4) is 0 Å². The first kappa shape index (κ1) is 30.5. The smallest absolute Gasteiger partial charge is 0.137 e. The minimum atomic E-state index is -0.145. The highest BCUT2D eigenvalue weighted by atomic mass is 15.1. The Balaban J connectivity index is 1.22. The molecule has 0 saturated carbocycles. The van der Waals surface area contributed by atoms with Crippen LogP contribution in [0.5, 0.6) is 0 Å². The van der Waals surface area contributed by atoms with E-state index in [0.717, 1.165) is 11.3 Å². The number of nitrogens with zero attached hydrogens (tertiary/aromatic N) is 3. The van der Waals surface area contributed by atoms with Gasteiger partial charge in [0.25, 0.3) is 0 Å². The van der Waals surface area contributed by atoms with Gasteiger partial charge in [-0.2, -0.15) is 0 Å². The Kier molecular flexibility index (Phi) is 6.12. The van der Waals surface area contributed by atoms with E-state index in [1.54, 1.807) is 0 Å². The summed E-state index contributed by atoms with van der Waals surface area (Å²) >= 11 is 0. The predicted octanol–water partition coefficient (Wildman–Crippen LogP) is 13.6. The Morgan fingerprint density at radius 2 is 1.13 bits per heavy atom. The van der Waals surface area contributed by atoms with E-state index in [4.69, 9.17) is 4.98 Å². The second-order valence-corrected chi connectivity index (χ2v) is 15.5. The highest BCUT2D eigenvalue weighted by molar-refractivity contribution is 6.24. The Bertz CT molecular complexity index is 3380. The Labute approximate surface area is 318 Å². The summed E-state index contributed by atoms with van der Waals surface area (Å²) in [6.45, 7) is 4.77. The summed E-state index contributed by atoms with van der Waals surface area (Å²) < 4.78 is 4.80. The molecule has 12 rings (SSSR count). The molecule has 1 aliphatic carbocycles. The van der Waals surface area contributed by atoms with Crippen molar-refractivity contribution in [3.63, 3.8) is 0 Å². The van der Waals surface area contributed by atoms with Gasteiger partial charge in [-0.3, -0.25) is 4.57 Å². The van der Waals surface area contributed by atoms with E-state index in [9.17, 15) is 0 Å². The van der Waals surface area contributed by atoms with Gasteiger partial charge in [0.2, 0.25) is 0 Å². The van der Waals surface area contributed by atoms with Crippen molar-refractivity contribution in [2.75, 3.05) is 0 Å². The van der Waals surface area contributed by atoms with Crippen LogP contribution in [-0.2, 0) is 5.41 Å². The van der Waals surface area contributed by atoms with E-state index in [1.165, 1.54) is 98.7 Å². The zero-order valence-electron chi connectivity index (χ0n) is 30.6. The highest BCUT2D eigenvalue weighted by Crippen LogP contribution is 2.55. The van der Waals surface area contributed by atoms with Crippen LogP contribution in [0.25, 0.3) is 98.9 Å². The first-order valence-electron chi connectivity index (χ1n) is 19.1. The van der Waals surface area contributed by atoms with Crippen LogP contribution < -0.4 is 0 Å². The fourth-order valence-corrected chi connectivity index (χ4v) is 9.91. The van der Waals surface area contributed by atoms with Crippen molar-refractivity contribution < 1.29 is 0 Å². The van der Waals surface area contributed by atoms with Gasteiger partial charge in [-0.25, -0.2) is 4.98 Å². The predicted molar refractivity (Wildman–Crippen MR) is 231 cm³/mol. The lowest BCUT2D eigenvalue weighted by molar-refractivity contribution is 0.661. The van der Waals surface area contributed by atoms with Crippen LogP contribution in [0.4, 0.5) is 0 Å². The van der Waals surface area contributed by atoms with Crippen LogP contribution >= 0.6 is 0 Å². The molecule has 11 aromatic rings. The van der Waals surface area contributed by atoms with Crippen LogP contribution in [0.2, 0.25) is 0 Å². The largest absolute Gasteiger partial charge is 0.309 e. The molecular formula is C52H35N3. The summed E-state index contributed by atoms with van der Waals surface area (Å²) in [4.78, 5) is 4.91. The molecular weight excluding hydrogens is 667 g/mol. The number of hydrogen-bond acceptors (Lipinski definition) is 1. The normalized spacial score (nSPS) is 13.4. The summed E-state index contributed by atoms with van der Waals surface area (Å²) in [7, 11) is 0. The molecule has 0 atom stereocenters. The molecule has 3 heteroatoms. The lowest BCUT2D eigenvalue weighted by atomic mass is 9.82. The lowest BCUT2D eigenvalue weighted by Gasteiger charge is -2.21. The lowest BCUT2D eigenvalue weighted by Crippen LogP contribution is -2.14. The first-order chi connectivity index (χ1) is 27.1. The maximum absolute atomic E-state index is 4.91. The third-order valence-electron chi connectivity index (χ3n) is 12.3. The molecule has 0 unspecified atom stereocenters. The van der Waals surface area contributed by atoms with Gasteiger partial charge in [0.1, 0.15) is 5.82 Å². The summed E-state index contributed by atoms with van der Waals surface area (Å²) in [5, 5.41) is 10.1. The third kappa shape index (κ3) is 4.07. The molecule has 3 heterocycles. The fourth-order valence-electron chi connectivity index (χ4n) is 9.91. The van der Waals surface area contributed by atoms with E-state index in [1.807, 2.05) is 12.3 Å². The third-order valence-corrected chi connectivity index (χ3v) is 12.3. The van der Waals surface area contributed by atoms with Gasteiger partial charge in [-0.05, 0) is 104 Å². The molecule has 0 amide bonds. The first-order valence-corrected chi connectivity index (χ1v) is 19.1. The van der Waals surface area contributed by atoms with E-state index in [0.29, 0.717) is 0 Å². The Morgan fingerprint density at radius 1 is 0.455 bits per heavy atom. The van der Waals surface area contributed by atoms with Gasteiger partial charge >= 0.3 is 0 Å². The molecule has 258 valence electrons.